The maximum atomic E-state index is 12.8. The number of morpholine rings is 1. The molecule has 1 fully saturated rings. The Labute approximate surface area is 162 Å². The van der Waals surface area contributed by atoms with Gasteiger partial charge >= 0.3 is 0 Å². The predicted molar refractivity (Wildman–Crippen MR) is 105 cm³/mol. The van der Waals surface area contributed by atoms with Crippen LogP contribution in [0.4, 0.5) is 11.4 Å². The van der Waals surface area contributed by atoms with Gasteiger partial charge in [0.2, 0.25) is 5.88 Å². The highest BCUT2D eigenvalue weighted by molar-refractivity contribution is 6.07. The fraction of sp³-hybridized carbons (Fsp3) is 0.238. The summed E-state index contributed by atoms with van der Waals surface area (Å²) < 4.78 is 12.8. The highest BCUT2D eigenvalue weighted by atomic mass is 16.5. The van der Waals surface area contributed by atoms with Crippen LogP contribution in [-0.2, 0) is 4.74 Å². The first-order valence-electron chi connectivity index (χ1n) is 9.08. The van der Waals surface area contributed by atoms with E-state index in [0.717, 1.165) is 32.0 Å². The molecule has 4 rings (SSSR count). The monoisotopic (exact) mass is 376 g/mol. The number of anilines is 2. The largest absolute Gasteiger partial charge is 0.443 e. The van der Waals surface area contributed by atoms with Gasteiger partial charge in [-0.2, -0.15) is 5.26 Å². The number of aryl methyl sites for hydroxylation is 1. The molecule has 0 saturated carbocycles. The van der Waals surface area contributed by atoms with E-state index in [-0.39, 0.29) is 17.0 Å². The first kappa shape index (κ1) is 17.9. The molecule has 0 atom stereocenters. The highest BCUT2D eigenvalue weighted by Gasteiger charge is 2.24. The highest BCUT2D eigenvalue weighted by Crippen LogP contribution is 2.27. The number of nitrogens with zero attached hydrogens (tertiary/aromatic N) is 3. The average Bonchev–Trinajstić information content (AvgIpc) is 3.36. The number of nitriles is 1. The second kappa shape index (κ2) is 7.62. The zero-order valence-corrected chi connectivity index (χ0v) is 15.5. The van der Waals surface area contributed by atoms with Crippen LogP contribution in [0.15, 0.2) is 53.2 Å². The van der Waals surface area contributed by atoms with Crippen molar-refractivity contribution in [3.63, 3.8) is 0 Å². The SMILES string of the molecule is Cc1oc(-n2cccc2)c(C#N)c1C(=O)Nc1ccc(N2CCOCC2)cc1. The van der Waals surface area contributed by atoms with Crippen LogP contribution in [0.3, 0.4) is 0 Å². The van der Waals surface area contributed by atoms with E-state index >= 15 is 0 Å². The summed E-state index contributed by atoms with van der Waals surface area (Å²) >= 11 is 0. The topological polar surface area (TPSA) is 83.4 Å². The molecule has 1 aliphatic rings. The summed E-state index contributed by atoms with van der Waals surface area (Å²) in [6.45, 7) is 4.84. The van der Waals surface area contributed by atoms with Gasteiger partial charge in [-0.3, -0.25) is 9.36 Å². The summed E-state index contributed by atoms with van der Waals surface area (Å²) in [6, 6.07) is 13.4. The summed E-state index contributed by atoms with van der Waals surface area (Å²) in [7, 11) is 0. The smallest absolute Gasteiger partial charge is 0.260 e. The Kier molecular flexibility index (Phi) is 4.87. The van der Waals surface area contributed by atoms with Gasteiger partial charge in [0.15, 0.2) is 0 Å². The van der Waals surface area contributed by atoms with Gasteiger partial charge in [-0.15, -0.1) is 0 Å². The van der Waals surface area contributed by atoms with Crippen molar-refractivity contribution in [3.8, 4) is 12.0 Å². The van der Waals surface area contributed by atoms with Crippen LogP contribution in [0.2, 0.25) is 0 Å². The molecule has 7 nitrogen and oxygen atoms in total. The molecule has 0 spiro atoms. The number of hydrogen-bond acceptors (Lipinski definition) is 5. The Bertz CT molecular complexity index is 1010. The molecule has 1 aliphatic heterocycles. The number of hydrogen-bond donors (Lipinski definition) is 1. The summed E-state index contributed by atoms with van der Waals surface area (Å²) in [4.78, 5) is 15.1. The maximum absolute atomic E-state index is 12.8. The molecule has 0 bridgehead atoms. The number of furan rings is 1. The van der Waals surface area contributed by atoms with Crippen molar-refractivity contribution >= 4 is 17.3 Å². The number of carbonyl (C=O) groups excluding carboxylic acids is 1. The number of ether oxygens (including phenoxy) is 1. The molecular weight excluding hydrogens is 356 g/mol. The minimum atomic E-state index is -0.365. The van der Waals surface area contributed by atoms with Crippen molar-refractivity contribution in [3.05, 3.63) is 65.7 Å². The van der Waals surface area contributed by atoms with Crippen molar-refractivity contribution in [2.75, 3.05) is 36.5 Å². The van der Waals surface area contributed by atoms with Crippen molar-refractivity contribution in [1.82, 2.24) is 4.57 Å². The molecule has 7 heteroatoms. The number of aromatic nitrogens is 1. The normalized spacial score (nSPS) is 13.9. The van der Waals surface area contributed by atoms with E-state index in [1.165, 1.54) is 0 Å². The molecule has 2 aromatic heterocycles. The Morgan fingerprint density at radius 3 is 2.46 bits per heavy atom. The van der Waals surface area contributed by atoms with E-state index in [1.54, 1.807) is 23.9 Å². The molecule has 1 saturated heterocycles. The third-order valence-corrected chi connectivity index (χ3v) is 4.74. The molecule has 1 aromatic carbocycles. The standard InChI is InChI=1S/C21H20N4O3/c1-15-19(18(14-22)21(28-15)25-8-2-3-9-25)20(26)23-16-4-6-17(7-5-16)24-10-12-27-13-11-24/h2-9H,10-13H2,1H3,(H,23,26). The van der Waals surface area contributed by atoms with E-state index < -0.39 is 0 Å². The zero-order valence-electron chi connectivity index (χ0n) is 15.5. The van der Waals surface area contributed by atoms with E-state index in [9.17, 15) is 10.1 Å². The molecule has 3 aromatic rings. The quantitative estimate of drug-likeness (QED) is 0.755. The minimum absolute atomic E-state index is 0.219. The number of benzene rings is 1. The van der Waals surface area contributed by atoms with E-state index in [0.29, 0.717) is 17.3 Å². The second-order valence-corrected chi connectivity index (χ2v) is 6.52. The van der Waals surface area contributed by atoms with Gasteiger partial charge < -0.3 is 19.4 Å². The molecular formula is C21H20N4O3. The van der Waals surface area contributed by atoms with Crippen molar-refractivity contribution in [2.24, 2.45) is 0 Å². The summed E-state index contributed by atoms with van der Waals surface area (Å²) in [5.41, 5.74) is 2.22. The van der Waals surface area contributed by atoms with Gasteiger partial charge in [0.1, 0.15) is 23.0 Å². The average molecular weight is 376 g/mol. The lowest BCUT2D eigenvalue weighted by molar-refractivity contribution is 0.102. The second-order valence-electron chi connectivity index (χ2n) is 6.52. The van der Waals surface area contributed by atoms with Crippen LogP contribution in [0.1, 0.15) is 21.7 Å². The molecule has 0 unspecified atom stereocenters. The van der Waals surface area contributed by atoms with Crippen LogP contribution in [0.5, 0.6) is 0 Å². The number of carbonyl (C=O) groups is 1. The third kappa shape index (κ3) is 3.38. The lowest BCUT2D eigenvalue weighted by atomic mass is 10.1. The Balaban J connectivity index is 1.55. The van der Waals surface area contributed by atoms with Crippen LogP contribution < -0.4 is 10.2 Å². The van der Waals surface area contributed by atoms with Crippen LogP contribution >= 0.6 is 0 Å². The van der Waals surface area contributed by atoms with Crippen LogP contribution in [0.25, 0.3) is 5.88 Å². The summed E-state index contributed by atoms with van der Waals surface area (Å²) in [5, 5.41) is 12.4. The number of amides is 1. The van der Waals surface area contributed by atoms with E-state index in [2.05, 4.69) is 16.3 Å². The van der Waals surface area contributed by atoms with Gasteiger partial charge in [0, 0.05) is 36.9 Å². The summed E-state index contributed by atoms with van der Waals surface area (Å²) in [5.74, 6) is 0.385. The van der Waals surface area contributed by atoms with Crippen molar-refractivity contribution in [1.29, 1.82) is 5.26 Å². The molecule has 142 valence electrons. The Morgan fingerprint density at radius 2 is 1.82 bits per heavy atom. The molecule has 1 N–H and O–H groups in total. The molecule has 0 radical (unpaired) electrons. The molecule has 3 heterocycles. The Hall–Kier alpha value is -3.50. The number of nitrogens with one attached hydrogen (secondary N) is 1. The summed E-state index contributed by atoms with van der Waals surface area (Å²) in [6.07, 6.45) is 3.54. The molecule has 0 aliphatic carbocycles. The van der Waals surface area contributed by atoms with Crippen LogP contribution in [0, 0.1) is 18.3 Å². The first-order valence-corrected chi connectivity index (χ1v) is 9.08. The molecule has 28 heavy (non-hydrogen) atoms. The van der Waals surface area contributed by atoms with Crippen molar-refractivity contribution in [2.45, 2.75) is 6.92 Å². The lowest BCUT2D eigenvalue weighted by Gasteiger charge is -2.28. The minimum Gasteiger partial charge on any atom is -0.443 e. The lowest BCUT2D eigenvalue weighted by Crippen LogP contribution is -2.36. The van der Waals surface area contributed by atoms with Crippen molar-refractivity contribution < 1.29 is 13.9 Å². The van der Waals surface area contributed by atoms with Gasteiger partial charge in [0.05, 0.1) is 13.2 Å². The van der Waals surface area contributed by atoms with E-state index in [1.807, 2.05) is 36.4 Å². The predicted octanol–water partition coefficient (Wildman–Crippen LogP) is 3.34. The van der Waals surface area contributed by atoms with Crippen LogP contribution in [-0.4, -0.2) is 36.8 Å². The maximum Gasteiger partial charge on any atom is 0.260 e. The third-order valence-electron chi connectivity index (χ3n) is 4.74. The molecule has 1 amide bonds. The van der Waals surface area contributed by atoms with Gasteiger partial charge in [0.25, 0.3) is 5.91 Å². The van der Waals surface area contributed by atoms with Gasteiger partial charge in [-0.1, -0.05) is 0 Å². The first-order chi connectivity index (χ1) is 13.7. The fourth-order valence-electron chi connectivity index (χ4n) is 3.33. The van der Waals surface area contributed by atoms with E-state index in [4.69, 9.17) is 9.15 Å². The Morgan fingerprint density at radius 1 is 1.14 bits per heavy atom. The fourth-order valence-corrected chi connectivity index (χ4v) is 3.33. The van der Waals surface area contributed by atoms with Gasteiger partial charge in [-0.25, -0.2) is 0 Å². The van der Waals surface area contributed by atoms with Gasteiger partial charge in [-0.05, 0) is 43.3 Å². The zero-order chi connectivity index (χ0) is 19.5. The number of rotatable bonds is 4.